The third-order valence-electron chi connectivity index (χ3n) is 4.99. The van der Waals surface area contributed by atoms with E-state index in [4.69, 9.17) is 23.7 Å². The molecular formula is C26H34N2O8. The minimum absolute atomic E-state index is 0.0105. The topological polar surface area (TPSA) is 122 Å². The van der Waals surface area contributed by atoms with Crippen LogP contribution in [0.1, 0.15) is 52.0 Å². The maximum Gasteiger partial charge on any atom is 0.328 e. The summed E-state index contributed by atoms with van der Waals surface area (Å²) in [5.41, 5.74) is -0.131. The standard InChI is InChI=1S/C26H34N2O8/c1-7-32-21-13-14-27-22(24(21)34-15-33-19(6)29)25(30)28-17(4)26(31)36-23(16(2)3)18(5)35-20-11-9-8-10-12-20/h8-14,16-18,23H,7,15H2,1-6H3,(H,28,30)/t17-,18-,23?/m0/s1. The lowest BCUT2D eigenvalue weighted by Crippen LogP contribution is -2.45. The summed E-state index contributed by atoms with van der Waals surface area (Å²) in [4.78, 5) is 41.0. The molecule has 0 aliphatic heterocycles. The summed E-state index contributed by atoms with van der Waals surface area (Å²) in [6.45, 7) is 10.0. The Labute approximate surface area is 211 Å². The Morgan fingerprint density at radius 2 is 1.69 bits per heavy atom. The largest absolute Gasteiger partial charge is 0.490 e. The zero-order valence-electron chi connectivity index (χ0n) is 21.5. The monoisotopic (exact) mass is 502 g/mol. The molecule has 10 heteroatoms. The maximum atomic E-state index is 13.0. The van der Waals surface area contributed by atoms with Gasteiger partial charge in [-0.1, -0.05) is 32.0 Å². The Morgan fingerprint density at radius 1 is 1.00 bits per heavy atom. The van der Waals surface area contributed by atoms with Crippen LogP contribution in [-0.4, -0.2) is 54.5 Å². The normalized spacial score (nSPS) is 13.2. The van der Waals surface area contributed by atoms with Crippen LogP contribution in [0.3, 0.4) is 0 Å². The van der Waals surface area contributed by atoms with E-state index < -0.39 is 42.9 Å². The Kier molecular flexibility index (Phi) is 11.0. The average molecular weight is 503 g/mol. The summed E-state index contributed by atoms with van der Waals surface area (Å²) in [5, 5.41) is 2.58. The smallest absolute Gasteiger partial charge is 0.328 e. The van der Waals surface area contributed by atoms with Crippen LogP contribution in [0.5, 0.6) is 17.2 Å². The number of hydrogen-bond donors (Lipinski definition) is 1. The highest BCUT2D eigenvalue weighted by Crippen LogP contribution is 2.30. The van der Waals surface area contributed by atoms with Crippen LogP contribution in [0.25, 0.3) is 0 Å². The molecule has 1 aromatic heterocycles. The first-order chi connectivity index (χ1) is 17.1. The van der Waals surface area contributed by atoms with Gasteiger partial charge in [-0.3, -0.25) is 9.59 Å². The summed E-state index contributed by atoms with van der Waals surface area (Å²) >= 11 is 0. The summed E-state index contributed by atoms with van der Waals surface area (Å²) in [7, 11) is 0. The molecule has 1 amide bonds. The van der Waals surface area contributed by atoms with Crippen molar-refractivity contribution < 1.29 is 38.1 Å². The molecule has 2 rings (SSSR count). The summed E-state index contributed by atoms with van der Waals surface area (Å²) in [6, 6.07) is 9.76. The molecular weight excluding hydrogens is 468 g/mol. The minimum Gasteiger partial charge on any atom is -0.490 e. The molecule has 2 aromatic rings. The van der Waals surface area contributed by atoms with Crippen molar-refractivity contribution in [2.24, 2.45) is 5.92 Å². The van der Waals surface area contributed by atoms with Crippen LogP contribution in [0.2, 0.25) is 0 Å². The molecule has 0 aliphatic rings. The SMILES string of the molecule is CCOc1ccnc(C(=O)N[C@@H](C)C(=O)OC(C(C)C)[C@H](C)Oc2ccccc2)c1OCOC(C)=O. The number of ether oxygens (including phenoxy) is 5. The lowest BCUT2D eigenvalue weighted by atomic mass is 10.0. The number of hydrogen-bond acceptors (Lipinski definition) is 9. The van der Waals surface area contributed by atoms with Crippen LogP contribution >= 0.6 is 0 Å². The van der Waals surface area contributed by atoms with Crippen molar-refractivity contribution >= 4 is 17.8 Å². The second-order valence-corrected chi connectivity index (χ2v) is 8.29. The second-order valence-electron chi connectivity index (χ2n) is 8.29. The predicted octanol–water partition coefficient (Wildman–Crippen LogP) is 3.53. The van der Waals surface area contributed by atoms with E-state index >= 15 is 0 Å². The van der Waals surface area contributed by atoms with Gasteiger partial charge in [-0.2, -0.15) is 0 Å². The number of esters is 2. The molecule has 1 heterocycles. The number of nitrogens with one attached hydrogen (secondary N) is 1. The first kappa shape index (κ1) is 28.4. The van der Waals surface area contributed by atoms with E-state index in [9.17, 15) is 14.4 Å². The molecule has 3 atom stereocenters. The zero-order valence-corrected chi connectivity index (χ0v) is 21.5. The van der Waals surface area contributed by atoms with Crippen LogP contribution in [-0.2, 0) is 19.1 Å². The molecule has 196 valence electrons. The highest BCUT2D eigenvalue weighted by atomic mass is 16.7. The summed E-state index contributed by atoms with van der Waals surface area (Å²) < 4.78 is 27.4. The fourth-order valence-electron chi connectivity index (χ4n) is 3.29. The van der Waals surface area contributed by atoms with Crippen LogP contribution in [0, 0.1) is 5.92 Å². The van der Waals surface area contributed by atoms with E-state index in [-0.39, 0.29) is 23.1 Å². The Bertz CT molecular complexity index is 1010. The lowest BCUT2D eigenvalue weighted by molar-refractivity contribution is -0.158. The van der Waals surface area contributed by atoms with Crippen molar-refractivity contribution in [1.82, 2.24) is 10.3 Å². The minimum atomic E-state index is -0.999. The van der Waals surface area contributed by atoms with Crippen molar-refractivity contribution in [3.8, 4) is 17.2 Å². The van der Waals surface area contributed by atoms with Crippen molar-refractivity contribution in [2.45, 2.75) is 59.8 Å². The van der Waals surface area contributed by atoms with Gasteiger partial charge in [0.15, 0.2) is 17.2 Å². The first-order valence-electron chi connectivity index (χ1n) is 11.7. The number of nitrogens with zero attached hydrogens (tertiary/aromatic N) is 1. The van der Waals surface area contributed by atoms with E-state index in [1.807, 2.05) is 51.1 Å². The van der Waals surface area contributed by atoms with Crippen LogP contribution in [0.4, 0.5) is 0 Å². The average Bonchev–Trinajstić information content (AvgIpc) is 2.83. The fraction of sp³-hybridized carbons (Fsp3) is 0.462. The first-order valence-corrected chi connectivity index (χ1v) is 11.7. The second kappa shape index (κ2) is 13.9. The number of pyridine rings is 1. The zero-order chi connectivity index (χ0) is 26.7. The number of benzene rings is 1. The number of carbonyl (C=O) groups is 3. The Balaban J connectivity index is 2.10. The van der Waals surface area contributed by atoms with Crippen molar-refractivity contribution in [1.29, 1.82) is 0 Å². The van der Waals surface area contributed by atoms with Gasteiger partial charge < -0.3 is 29.0 Å². The number of para-hydroxylation sites is 1. The molecule has 0 aliphatic carbocycles. The van der Waals surface area contributed by atoms with E-state index in [0.29, 0.717) is 12.4 Å². The molecule has 10 nitrogen and oxygen atoms in total. The van der Waals surface area contributed by atoms with E-state index in [1.165, 1.54) is 26.1 Å². The molecule has 0 bridgehead atoms. The van der Waals surface area contributed by atoms with E-state index in [1.54, 1.807) is 6.92 Å². The molecule has 1 N–H and O–H groups in total. The van der Waals surface area contributed by atoms with Gasteiger partial charge in [0.2, 0.25) is 6.79 Å². The lowest BCUT2D eigenvalue weighted by Gasteiger charge is -2.29. The van der Waals surface area contributed by atoms with Gasteiger partial charge in [-0.15, -0.1) is 0 Å². The molecule has 36 heavy (non-hydrogen) atoms. The molecule has 0 saturated heterocycles. The van der Waals surface area contributed by atoms with Gasteiger partial charge in [-0.05, 0) is 38.8 Å². The van der Waals surface area contributed by atoms with Gasteiger partial charge in [0.1, 0.15) is 24.0 Å². The van der Waals surface area contributed by atoms with Gasteiger partial charge in [0.05, 0.1) is 6.61 Å². The number of carbonyl (C=O) groups excluding carboxylic acids is 3. The van der Waals surface area contributed by atoms with Crippen molar-refractivity contribution in [3.63, 3.8) is 0 Å². The van der Waals surface area contributed by atoms with Crippen LogP contribution < -0.4 is 19.5 Å². The molecule has 1 aromatic carbocycles. The third-order valence-corrected chi connectivity index (χ3v) is 4.99. The van der Waals surface area contributed by atoms with Gasteiger partial charge in [0, 0.05) is 19.2 Å². The third kappa shape index (κ3) is 8.44. The van der Waals surface area contributed by atoms with Gasteiger partial charge >= 0.3 is 11.9 Å². The highest BCUT2D eigenvalue weighted by molar-refractivity contribution is 5.98. The highest BCUT2D eigenvalue weighted by Gasteiger charge is 2.30. The molecule has 0 fully saturated rings. The Hall–Kier alpha value is -3.82. The Morgan fingerprint density at radius 3 is 2.31 bits per heavy atom. The van der Waals surface area contributed by atoms with E-state index in [2.05, 4.69) is 10.3 Å². The molecule has 1 unspecified atom stereocenters. The van der Waals surface area contributed by atoms with E-state index in [0.717, 1.165) is 0 Å². The quantitative estimate of drug-likeness (QED) is 0.324. The molecule has 0 saturated carbocycles. The van der Waals surface area contributed by atoms with Crippen LogP contribution in [0.15, 0.2) is 42.6 Å². The predicted molar refractivity (Wildman–Crippen MR) is 131 cm³/mol. The van der Waals surface area contributed by atoms with Gasteiger partial charge in [-0.25, -0.2) is 9.78 Å². The summed E-state index contributed by atoms with van der Waals surface area (Å²) in [6.07, 6.45) is 0.392. The van der Waals surface area contributed by atoms with Gasteiger partial charge in [0.25, 0.3) is 5.91 Å². The van der Waals surface area contributed by atoms with Crippen molar-refractivity contribution in [2.75, 3.05) is 13.4 Å². The molecule has 0 spiro atoms. The summed E-state index contributed by atoms with van der Waals surface area (Å²) in [5.74, 6) is -1.02. The maximum absolute atomic E-state index is 13.0. The van der Waals surface area contributed by atoms with Crippen molar-refractivity contribution in [3.05, 3.63) is 48.3 Å². The number of rotatable bonds is 13. The fourth-order valence-corrected chi connectivity index (χ4v) is 3.29. The number of amides is 1. The number of aromatic nitrogens is 1. The molecule has 0 radical (unpaired) electrons.